The highest BCUT2D eigenvalue weighted by Gasteiger charge is 2.33. The van der Waals surface area contributed by atoms with Gasteiger partial charge in [-0.2, -0.15) is 13.2 Å². The van der Waals surface area contributed by atoms with E-state index in [1.165, 1.54) is 20.1 Å². The van der Waals surface area contributed by atoms with Crippen molar-refractivity contribution in [2.75, 3.05) is 12.4 Å². The normalized spacial score (nSPS) is 12.6. The number of amides is 1. The molecule has 25 heavy (non-hydrogen) atoms. The quantitative estimate of drug-likeness (QED) is 0.609. The predicted molar refractivity (Wildman–Crippen MR) is 89.0 cm³/mol. The van der Waals surface area contributed by atoms with Gasteiger partial charge in [0.2, 0.25) is 5.91 Å². The molecule has 0 aliphatic rings. The lowest BCUT2D eigenvalue weighted by Crippen LogP contribution is -2.23. The van der Waals surface area contributed by atoms with Crippen LogP contribution in [-0.4, -0.2) is 28.2 Å². The van der Waals surface area contributed by atoms with E-state index in [1.54, 1.807) is 12.1 Å². The fourth-order valence-electron chi connectivity index (χ4n) is 1.78. The minimum absolute atomic E-state index is 0.143. The molecule has 2 aromatic rings. The van der Waals surface area contributed by atoms with Crippen molar-refractivity contribution in [2.24, 2.45) is 0 Å². The number of carbonyl (C=O) groups is 1. The summed E-state index contributed by atoms with van der Waals surface area (Å²) in [5.74, 6) is -0.0446. The number of anilines is 1. The Balaban J connectivity index is 2.10. The van der Waals surface area contributed by atoms with Crippen molar-refractivity contribution in [2.45, 2.75) is 23.5 Å². The first-order valence-electron chi connectivity index (χ1n) is 6.92. The number of hydrogen-bond donors (Lipinski definition) is 1. The molecule has 0 aliphatic carbocycles. The summed E-state index contributed by atoms with van der Waals surface area (Å²) in [5, 5.41) is 2.13. The largest absolute Gasteiger partial charge is 0.495 e. The summed E-state index contributed by atoms with van der Waals surface area (Å²) in [7, 11) is 1.44. The lowest BCUT2D eigenvalue weighted by Gasteiger charge is -2.14. The topological polar surface area (TPSA) is 64.1 Å². The van der Waals surface area contributed by atoms with Crippen LogP contribution in [0.5, 0.6) is 5.75 Å². The van der Waals surface area contributed by atoms with Gasteiger partial charge in [-0.05, 0) is 31.2 Å². The zero-order valence-electron chi connectivity index (χ0n) is 13.1. The van der Waals surface area contributed by atoms with Crippen molar-refractivity contribution in [1.82, 2.24) is 9.97 Å². The Morgan fingerprint density at radius 2 is 2.08 bits per heavy atom. The van der Waals surface area contributed by atoms with Crippen LogP contribution in [-0.2, 0) is 11.0 Å². The van der Waals surface area contributed by atoms with E-state index in [0.29, 0.717) is 16.5 Å². The molecule has 1 unspecified atom stereocenters. The zero-order valence-corrected chi connectivity index (χ0v) is 14.7. The molecule has 0 radical (unpaired) electrons. The van der Waals surface area contributed by atoms with Gasteiger partial charge in [0, 0.05) is 11.2 Å². The number of nitrogens with one attached hydrogen (secondary N) is 1. The number of nitrogens with zero attached hydrogens (tertiary/aromatic N) is 2. The lowest BCUT2D eigenvalue weighted by atomic mass is 10.3. The second-order valence-electron chi connectivity index (χ2n) is 4.82. The molecule has 1 aromatic carbocycles. The Labute approximate surface area is 151 Å². The lowest BCUT2D eigenvalue weighted by molar-refractivity contribution is -0.141. The third-order valence-electron chi connectivity index (χ3n) is 2.99. The van der Waals surface area contributed by atoms with Gasteiger partial charge >= 0.3 is 6.18 Å². The Kier molecular flexibility index (Phi) is 6.12. The molecule has 0 saturated heterocycles. The van der Waals surface area contributed by atoms with E-state index in [1.807, 2.05) is 0 Å². The van der Waals surface area contributed by atoms with Crippen LogP contribution in [0.15, 0.2) is 35.6 Å². The minimum atomic E-state index is -4.57. The summed E-state index contributed by atoms with van der Waals surface area (Å²) in [6.45, 7) is 1.53. The Morgan fingerprint density at radius 1 is 1.36 bits per heavy atom. The van der Waals surface area contributed by atoms with Crippen LogP contribution in [0.3, 0.4) is 0 Å². The van der Waals surface area contributed by atoms with Crippen LogP contribution in [0.2, 0.25) is 5.02 Å². The van der Waals surface area contributed by atoms with Gasteiger partial charge < -0.3 is 10.1 Å². The summed E-state index contributed by atoms with van der Waals surface area (Å²) in [6.07, 6.45) is -3.57. The fourth-order valence-corrected chi connectivity index (χ4v) is 2.71. The van der Waals surface area contributed by atoms with Crippen molar-refractivity contribution in [3.8, 4) is 5.75 Å². The smallest absolute Gasteiger partial charge is 0.433 e. The van der Waals surface area contributed by atoms with E-state index < -0.39 is 23.0 Å². The van der Waals surface area contributed by atoms with Crippen molar-refractivity contribution in [3.05, 3.63) is 41.2 Å². The maximum atomic E-state index is 12.7. The van der Waals surface area contributed by atoms with Gasteiger partial charge in [0.25, 0.3) is 0 Å². The molecular weight excluding hydrogens is 379 g/mol. The average molecular weight is 392 g/mol. The molecule has 1 amide bonds. The van der Waals surface area contributed by atoms with E-state index in [4.69, 9.17) is 16.3 Å². The highest BCUT2D eigenvalue weighted by Crippen LogP contribution is 2.31. The number of methoxy groups -OCH3 is 1. The predicted octanol–water partition coefficient (Wildman–Crippen LogP) is 4.28. The van der Waals surface area contributed by atoms with E-state index in [2.05, 4.69) is 15.3 Å². The van der Waals surface area contributed by atoms with Crippen LogP contribution in [0.1, 0.15) is 12.6 Å². The third-order valence-corrected chi connectivity index (χ3v) is 4.20. The van der Waals surface area contributed by atoms with Crippen LogP contribution >= 0.6 is 23.4 Å². The Morgan fingerprint density at radius 3 is 2.72 bits per heavy atom. The van der Waals surface area contributed by atoms with Gasteiger partial charge in [-0.15, -0.1) is 0 Å². The second kappa shape index (κ2) is 7.92. The number of rotatable bonds is 5. The van der Waals surface area contributed by atoms with Crippen LogP contribution in [0.25, 0.3) is 0 Å². The fraction of sp³-hybridized carbons (Fsp3) is 0.267. The van der Waals surface area contributed by atoms with Gasteiger partial charge in [0.1, 0.15) is 11.4 Å². The molecule has 0 bridgehead atoms. The number of hydrogen-bond acceptors (Lipinski definition) is 5. The molecule has 1 heterocycles. The van der Waals surface area contributed by atoms with Gasteiger partial charge in [0.15, 0.2) is 5.16 Å². The summed E-state index contributed by atoms with van der Waals surface area (Å²) in [5.41, 5.74) is -0.702. The molecule has 5 nitrogen and oxygen atoms in total. The molecule has 1 aromatic heterocycles. The first-order chi connectivity index (χ1) is 11.7. The number of alkyl halides is 3. The van der Waals surface area contributed by atoms with Crippen LogP contribution in [0, 0.1) is 0 Å². The highest BCUT2D eigenvalue weighted by atomic mass is 35.5. The number of benzene rings is 1. The highest BCUT2D eigenvalue weighted by molar-refractivity contribution is 8.00. The molecule has 2 rings (SSSR count). The van der Waals surface area contributed by atoms with Crippen molar-refractivity contribution in [3.63, 3.8) is 0 Å². The SMILES string of the molecule is COc1ccc(Cl)cc1NC(=O)C(C)Sc1nccc(C(F)(F)F)n1. The van der Waals surface area contributed by atoms with Crippen LogP contribution in [0.4, 0.5) is 18.9 Å². The molecule has 1 N–H and O–H groups in total. The summed E-state index contributed by atoms with van der Waals surface area (Å²) in [6, 6.07) is 5.47. The van der Waals surface area contributed by atoms with Gasteiger partial charge in [-0.3, -0.25) is 4.79 Å². The molecule has 0 aliphatic heterocycles. The number of thioether (sulfide) groups is 1. The molecule has 1 atom stereocenters. The summed E-state index contributed by atoms with van der Waals surface area (Å²) >= 11 is 6.70. The maximum Gasteiger partial charge on any atom is 0.433 e. The zero-order chi connectivity index (χ0) is 18.6. The molecule has 0 saturated carbocycles. The van der Waals surface area contributed by atoms with Crippen molar-refractivity contribution in [1.29, 1.82) is 0 Å². The second-order valence-corrected chi connectivity index (χ2v) is 6.56. The number of aromatic nitrogens is 2. The van der Waals surface area contributed by atoms with E-state index in [0.717, 1.165) is 24.0 Å². The first-order valence-corrected chi connectivity index (χ1v) is 8.17. The van der Waals surface area contributed by atoms with Crippen molar-refractivity contribution >= 4 is 35.0 Å². The summed E-state index contributed by atoms with van der Waals surface area (Å²) in [4.78, 5) is 19.4. The monoisotopic (exact) mass is 391 g/mol. The van der Waals surface area contributed by atoms with Gasteiger partial charge in [0.05, 0.1) is 18.0 Å². The van der Waals surface area contributed by atoms with E-state index in [-0.39, 0.29) is 5.16 Å². The van der Waals surface area contributed by atoms with Gasteiger partial charge in [-0.1, -0.05) is 23.4 Å². The Bertz CT molecular complexity index is 774. The number of halogens is 4. The third kappa shape index (κ3) is 5.23. The van der Waals surface area contributed by atoms with Gasteiger partial charge in [-0.25, -0.2) is 9.97 Å². The van der Waals surface area contributed by atoms with Crippen LogP contribution < -0.4 is 10.1 Å². The standard InChI is InChI=1S/C15H13ClF3N3O2S/c1-8(25-14-20-6-5-12(22-14)15(17,18)19)13(23)21-10-7-9(16)3-4-11(10)24-2/h3-8H,1-2H3,(H,21,23). The summed E-state index contributed by atoms with van der Waals surface area (Å²) < 4.78 is 43.1. The number of carbonyl (C=O) groups excluding carboxylic acids is 1. The molecule has 0 fully saturated rings. The minimum Gasteiger partial charge on any atom is -0.495 e. The molecule has 134 valence electrons. The number of ether oxygens (including phenoxy) is 1. The first kappa shape index (κ1) is 19.3. The average Bonchev–Trinajstić information content (AvgIpc) is 2.54. The molecule has 10 heteroatoms. The van der Waals surface area contributed by atoms with Crippen molar-refractivity contribution < 1.29 is 22.7 Å². The molecule has 0 spiro atoms. The van der Waals surface area contributed by atoms with E-state index >= 15 is 0 Å². The maximum absolute atomic E-state index is 12.7. The molecular formula is C15H13ClF3N3O2S. The Hall–Kier alpha value is -2.00. The van der Waals surface area contributed by atoms with E-state index in [9.17, 15) is 18.0 Å².